The van der Waals surface area contributed by atoms with E-state index in [0.717, 1.165) is 12.1 Å². The summed E-state index contributed by atoms with van der Waals surface area (Å²) in [5.74, 6) is 3.18. The summed E-state index contributed by atoms with van der Waals surface area (Å²) in [6.07, 6.45) is 5.28. The molecule has 0 bridgehead atoms. The Kier molecular flexibility index (Phi) is 7.14. The zero-order chi connectivity index (χ0) is 13.9. The van der Waals surface area contributed by atoms with Gasteiger partial charge >= 0.3 is 0 Å². The second kappa shape index (κ2) is 9.01. The van der Waals surface area contributed by atoms with Crippen LogP contribution in [0.1, 0.15) is 25.0 Å². The second-order valence-electron chi connectivity index (χ2n) is 4.03. The van der Waals surface area contributed by atoms with Gasteiger partial charge in [0, 0.05) is 13.1 Å². The first-order valence-corrected chi connectivity index (χ1v) is 6.46. The minimum Gasteiger partial charge on any atom is -0.388 e. The van der Waals surface area contributed by atoms with Crippen LogP contribution in [0.2, 0.25) is 0 Å². The molecule has 0 aliphatic carbocycles. The van der Waals surface area contributed by atoms with Gasteiger partial charge in [-0.1, -0.05) is 36.3 Å². The van der Waals surface area contributed by atoms with Gasteiger partial charge in [0.05, 0.1) is 12.6 Å². The topological polar surface area (TPSA) is 56.7 Å². The fourth-order valence-electron chi connectivity index (χ4n) is 1.62. The third-order valence-electron chi connectivity index (χ3n) is 2.56. The van der Waals surface area contributed by atoms with Gasteiger partial charge in [0.25, 0.3) is 0 Å². The van der Waals surface area contributed by atoms with Crippen molar-refractivity contribution in [2.24, 2.45) is 4.99 Å². The first-order valence-electron chi connectivity index (χ1n) is 6.46. The summed E-state index contributed by atoms with van der Waals surface area (Å²) in [6, 6.07) is 9.59. The lowest BCUT2D eigenvalue weighted by atomic mass is 10.1. The maximum absolute atomic E-state index is 10.00. The third kappa shape index (κ3) is 5.94. The van der Waals surface area contributed by atoms with Crippen molar-refractivity contribution in [3.63, 3.8) is 0 Å². The number of nitrogens with one attached hydrogen (secondary N) is 2. The van der Waals surface area contributed by atoms with E-state index in [1.165, 1.54) is 0 Å². The molecule has 0 spiro atoms. The summed E-state index contributed by atoms with van der Waals surface area (Å²) in [7, 11) is 0. The Morgan fingerprint density at radius 2 is 2.11 bits per heavy atom. The van der Waals surface area contributed by atoms with Gasteiger partial charge in [-0.3, -0.25) is 4.99 Å². The second-order valence-corrected chi connectivity index (χ2v) is 4.03. The lowest BCUT2D eigenvalue weighted by Gasteiger charge is -2.11. The predicted octanol–water partition coefficient (Wildman–Crippen LogP) is 1.30. The summed E-state index contributed by atoms with van der Waals surface area (Å²) in [5, 5.41) is 16.1. The average Bonchev–Trinajstić information content (AvgIpc) is 2.45. The highest BCUT2D eigenvalue weighted by molar-refractivity contribution is 5.79. The molecule has 1 aromatic rings. The van der Waals surface area contributed by atoms with Crippen LogP contribution < -0.4 is 10.6 Å². The fourth-order valence-corrected chi connectivity index (χ4v) is 1.62. The van der Waals surface area contributed by atoms with Crippen molar-refractivity contribution >= 4 is 5.96 Å². The molecule has 1 rings (SSSR count). The van der Waals surface area contributed by atoms with Gasteiger partial charge in [0.2, 0.25) is 0 Å². The van der Waals surface area contributed by atoms with Gasteiger partial charge in [0.15, 0.2) is 5.96 Å². The summed E-state index contributed by atoms with van der Waals surface area (Å²) >= 11 is 0. The van der Waals surface area contributed by atoms with E-state index >= 15 is 0 Å². The molecule has 0 saturated carbocycles. The maximum atomic E-state index is 10.00. The van der Waals surface area contributed by atoms with Crippen LogP contribution in [0.5, 0.6) is 0 Å². The highest BCUT2D eigenvalue weighted by atomic mass is 16.3. The quantitative estimate of drug-likeness (QED) is 0.410. The number of terminal acetylenes is 1. The van der Waals surface area contributed by atoms with E-state index in [0.29, 0.717) is 25.5 Å². The van der Waals surface area contributed by atoms with Crippen molar-refractivity contribution < 1.29 is 5.11 Å². The minimum absolute atomic E-state index is 0.438. The number of hydrogen-bond acceptors (Lipinski definition) is 2. The van der Waals surface area contributed by atoms with Gasteiger partial charge < -0.3 is 15.7 Å². The number of hydrogen-bond donors (Lipinski definition) is 3. The van der Waals surface area contributed by atoms with E-state index in [2.05, 4.69) is 21.5 Å². The van der Waals surface area contributed by atoms with Crippen molar-refractivity contribution in [3.8, 4) is 12.3 Å². The zero-order valence-corrected chi connectivity index (χ0v) is 11.3. The molecule has 19 heavy (non-hydrogen) atoms. The number of rotatable bonds is 6. The Bertz CT molecular complexity index is 423. The molecule has 1 unspecified atom stereocenters. The number of guanidine groups is 1. The van der Waals surface area contributed by atoms with Crippen LogP contribution in [0.25, 0.3) is 0 Å². The van der Waals surface area contributed by atoms with Crippen LogP contribution >= 0.6 is 0 Å². The molecule has 0 fully saturated rings. The molecule has 4 nitrogen and oxygen atoms in total. The van der Waals surface area contributed by atoms with E-state index < -0.39 is 6.10 Å². The SMILES string of the molecule is C#CCNC(=NCCC(O)c1ccccc1)NCC. The maximum Gasteiger partial charge on any atom is 0.192 e. The van der Waals surface area contributed by atoms with Crippen LogP contribution in [0.3, 0.4) is 0 Å². The monoisotopic (exact) mass is 259 g/mol. The number of aliphatic hydroxyl groups is 1. The number of aliphatic hydroxyl groups excluding tert-OH is 1. The van der Waals surface area contributed by atoms with E-state index in [4.69, 9.17) is 6.42 Å². The van der Waals surface area contributed by atoms with Crippen LogP contribution in [0, 0.1) is 12.3 Å². The highest BCUT2D eigenvalue weighted by Gasteiger charge is 2.05. The average molecular weight is 259 g/mol. The van der Waals surface area contributed by atoms with Gasteiger partial charge in [-0.25, -0.2) is 0 Å². The first-order chi connectivity index (χ1) is 9.27. The largest absolute Gasteiger partial charge is 0.388 e. The highest BCUT2D eigenvalue weighted by Crippen LogP contribution is 2.15. The Labute approximate surface area is 115 Å². The molecular formula is C15H21N3O. The lowest BCUT2D eigenvalue weighted by molar-refractivity contribution is 0.170. The van der Waals surface area contributed by atoms with Crippen LogP contribution in [0.4, 0.5) is 0 Å². The van der Waals surface area contributed by atoms with E-state index in [9.17, 15) is 5.11 Å². The van der Waals surface area contributed by atoms with Crippen molar-refractivity contribution in [1.29, 1.82) is 0 Å². The van der Waals surface area contributed by atoms with E-state index in [-0.39, 0.29) is 0 Å². The Morgan fingerprint density at radius 3 is 2.74 bits per heavy atom. The molecule has 0 radical (unpaired) electrons. The van der Waals surface area contributed by atoms with Gasteiger partial charge in [-0.15, -0.1) is 6.42 Å². The van der Waals surface area contributed by atoms with E-state index in [1.807, 2.05) is 37.3 Å². The number of nitrogens with zero attached hydrogens (tertiary/aromatic N) is 1. The van der Waals surface area contributed by atoms with Crippen molar-refractivity contribution in [2.75, 3.05) is 19.6 Å². The van der Waals surface area contributed by atoms with Gasteiger partial charge in [0.1, 0.15) is 0 Å². The molecule has 102 valence electrons. The molecular weight excluding hydrogens is 238 g/mol. The summed E-state index contributed by atoms with van der Waals surface area (Å²) in [5.41, 5.74) is 0.916. The molecule has 0 amide bonds. The summed E-state index contributed by atoms with van der Waals surface area (Å²) in [4.78, 5) is 4.36. The molecule has 0 saturated heterocycles. The standard InChI is InChI=1S/C15H21N3O/c1-3-11-17-15(16-4-2)18-12-10-14(19)13-8-6-5-7-9-13/h1,5-9,14,19H,4,10-12H2,2H3,(H2,16,17,18). The number of aliphatic imine (C=N–C) groups is 1. The number of benzene rings is 1. The Hall–Kier alpha value is -1.99. The summed E-state index contributed by atoms with van der Waals surface area (Å²) in [6.45, 7) is 3.74. The van der Waals surface area contributed by atoms with Crippen LogP contribution in [0.15, 0.2) is 35.3 Å². The first kappa shape index (κ1) is 15.1. The van der Waals surface area contributed by atoms with Crippen molar-refractivity contribution in [2.45, 2.75) is 19.4 Å². The third-order valence-corrected chi connectivity index (χ3v) is 2.56. The van der Waals surface area contributed by atoms with Crippen molar-refractivity contribution in [3.05, 3.63) is 35.9 Å². The fraction of sp³-hybridized carbons (Fsp3) is 0.400. The minimum atomic E-state index is -0.486. The van der Waals surface area contributed by atoms with Crippen molar-refractivity contribution in [1.82, 2.24) is 10.6 Å². The Balaban J connectivity index is 2.43. The smallest absolute Gasteiger partial charge is 0.192 e. The van der Waals surface area contributed by atoms with Crippen LogP contribution in [-0.2, 0) is 0 Å². The van der Waals surface area contributed by atoms with Gasteiger partial charge in [-0.2, -0.15) is 0 Å². The molecule has 0 heterocycles. The van der Waals surface area contributed by atoms with Gasteiger partial charge in [-0.05, 0) is 18.9 Å². The normalized spacial score (nSPS) is 12.6. The molecule has 4 heteroatoms. The van der Waals surface area contributed by atoms with E-state index in [1.54, 1.807) is 0 Å². The molecule has 1 atom stereocenters. The zero-order valence-electron chi connectivity index (χ0n) is 11.3. The molecule has 0 aromatic heterocycles. The molecule has 1 aromatic carbocycles. The predicted molar refractivity (Wildman–Crippen MR) is 78.8 cm³/mol. The lowest BCUT2D eigenvalue weighted by Crippen LogP contribution is -2.37. The molecule has 3 N–H and O–H groups in total. The molecule has 0 aliphatic rings. The molecule has 0 aliphatic heterocycles. The Morgan fingerprint density at radius 1 is 1.37 bits per heavy atom. The van der Waals surface area contributed by atoms with Crippen LogP contribution in [-0.4, -0.2) is 30.7 Å². The summed E-state index contributed by atoms with van der Waals surface area (Å²) < 4.78 is 0.